The van der Waals surface area contributed by atoms with Gasteiger partial charge in [-0.1, -0.05) is 6.07 Å². The molecule has 37 heavy (non-hydrogen) atoms. The van der Waals surface area contributed by atoms with Crippen LogP contribution in [0, 0.1) is 21.7 Å². The summed E-state index contributed by atoms with van der Waals surface area (Å²) in [5, 5.41) is 14.2. The molecule has 4 N–H and O–H groups in total. The molecule has 1 fully saturated rings. The van der Waals surface area contributed by atoms with E-state index in [-0.39, 0.29) is 33.9 Å². The SMILES string of the molecule is CN=CC(=CN)c1ccc(Nc2cc(NS(=O)(=O)C3CC3)cc(-c3ccc(F)cc3F)c2)c([N+](=O)[O-])c1. The summed E-state index contributed by atoms with van der Waals surface area (Å²) < 4.78 is 55.6. The highest BCUT2D eigenvalue weighted by atomic mass is 32.2. The Bertz CT molecular complexity index is 1540. The maximum Gasteiger partial charge on any atom is 0.293 e. The van der Waals surface area contributed by atoms with Crippen LogP contribution >= 0.6 is 0 Å². The number of halogens is 2. The molecule has 0 bridgehead atoms. The Morgan fingerprint density at radius 2 is 1.84 bits per heavy atom. The summed E-state index contributed by atoms with van der Waals surface area (Å²) >= 11 is 0. The molecule has 3 aromatic rings. The molecule has 192 valence electrons. The monoisotopic (exact) mass is 527 g/mol. The zero-order chi connectivity index (χ0) is 26.7. The van der Waals surface area contributed by atoms with Gasteiger partial charge in [0.2, 0.25) is 10.0 Å². The van der Waals surface area contributed by atoms with Crippen molar-refractivity contribution in [2.45, 2.75) is 18.1 Å². The van der Waals surface area contributed by atoms with E-state index in [0.29, 0.717) is 24.0 Å². The zero-order valence-electron chi connectivity index (χ0n) is 19.6. The number of nitrogens with one attached hydrogen (secondary N) is 2. The van der Waals surface area contributed by atoms with Crippen molar-refractivity contribution in [1.29, 1.82) is 0 Å². The number of nitrogens with zero attached hydrogens (tertiary/aromatic N) is 2. The number of allylic oxidation sites excluding steroid dienone is 1. The number of hydrogen-bond donors (Lipinski definition) is 3. The van der Waals surface area contributed by atoms with E-state index in [4.69, 9.17) is 5.73 Å². The molecule has 0 unspecified atom stereocenters. The summed E-state index contributed by atoms with van der Waals surface area (Å²) in [5.74, 6) is -1.61. The Morgan fingerprint density at radius 1 is 1.11 bits per heavy atom. The third-order valence-corrected chi connectivity index (χ3v) is 7.52. The smallest absolute Gasteiger partial charge is 0.293 e. The van der Waals surface area contributed by atoms with Crippen molar-refractivity contribution >= 4 is 44.6 Å². The summed E-state index contributed by atoms with van der Waals surface area (Å²) in [6.07, 6.45) is 3.81. The molecule has 9 nitrogen and oxygen atoms in total. The second-order valence-electron chi connectivity index (χ2n) is 8.39. The van der Waals surface area contributed by atoms with Gasteiger partial charge in [0.1, 0.15) is 17.3 Å². The van der Waals surface area contributed by atoms with E-state index >= 15 is 0 Å². The van der Waals surface area contributed by atoms with Gasteiger partial charge in [0.15, 0.2) is 0 Å². The Balaban J connectivity index is 1.78. The van der Waals surface area contributed by atoms with E-state index in [2.05, 4.69) is 15.0 Å². The summed E-state index contributed by atoms with van der Waals surface area (Å²) in [7, 11) is -2.12. The lowest BCUT2D eigenvalue weighted by Crippen LogP contribution is -2.17. The predicted octanol–water partition coefficient (Wildman–Crippen LogP) is 5.19. The Hall–Kier alpha value is -4.32. The molecule has 0 saturated heterocycles. The number of nitrogens with two attached hydrogens (primary N) is 1. The first kappa shape index (κ1) is 25.8. The normalized spacial score (nSPS) is 14.1. The van der Waals surface area contributed by atoms with Crippen molar-refractivity contribution < 1.29 is 22.1 Å². The highest BCUT2D eigenvalue weighted by molar-refractivity contribution is 7.93. The number of anilines is 3. The predicted molar refractivity (Wildman–Crippen MR) is 140 cm³/mol. The minimum Gasteiger partial charge on any atom is -0.404 e. The molecule has 0 amide bonds. The molecule has 1 aliphatic rings. The van der Waals surface area contributed by atoms with E-state index in [0.717, 1.165) is 12.1 Å². The number of aliphatic imine (C=N–C) groups is 1. The second-order valence-corrected chi connectivity index (χ2v) is 10.4. The molecule has 4 rings (SSSR count). The molecule has 3 aromatic carbocycles. The van der Waals surface area contributed by atoms with Crippen molar-refractivity contribution in [3.8, 4) is 11.1 Å². The molecule has 0 aliphatic heterocycles. The standard InChI is InChI=1S/C25H23F2N5O4S/c1-29-14-17(13-28)15-2-7-24(25(10-15)32(33)34)30-19-8-16(22-6-3-18(26)11-23(22)27)9-20(12-19)31-37(35,36)21-4-5-21/h2-3,6-14,21,30-31H,4-5,28H2,1H3. The second kappa shape index (κ2) is 10.3. The molecule has 1 aliphatic carbocycles. The highest BCUT2D eigenvalue weighted by Crippen LogP contribution is 2.36. The Kier molecular flexibility index (Phi) is 7.21. The van der Waals surface area contributed by atoms with E-state index in [9.17, 15) is 27.3 Å². The van der Waals surface area contributed by atoms with Crippen LogP contribution in [0.2, 0.25) is 0 Å². The van der Waals surface area contributed by atoms with Crippen molar-refractivity contribution in [1.82, 2.24) is 0 Å². The fourth-order valence-corrected chi connectivity index (χ4v) is 5.11. The third-order valence-electron chi connectivity index (χ3n) is 5.65. The van der Waals surface area contributed by atoms with Crippen LogP contribution in [0.15, 0.2) is 65.8 Å². The van der Waals surface area contributed by atoms with Crippen molar-refractivity contribution in [3.63, 3.8) is 0 Å². The Labute approximate surface area is 211 Å². The third kappa shape index (κ3) is 5.92. The van der Waals surface area contributed by atoms with Crippen LogP contribution in [0.5, 0.6) is 0 Å². The van der Waals surface area contributed by atoms with Gasteiger partial charge in [-0.15, -0.1) is 0 Å². The molecule has 0 radical (unpaired) electrons. The molecule has 1 saturated carbocycles. The van der Waals surface area contributed by atoms with E-state index in [1.54, 1.807) is 13.1 Å². The fraction of sp³-hybridized carbons (Fsp3) is 0.160. The fourth-order valence-electron chi connectivity index (χ4n) is 3.74. The largest absolute Gasteiger partial charge is 0.404 e. The average molecular weight is 528 g/mol. The first-order valence-corrected chi connectivity index (χ1v) is 12.7. The Morgan fingerprint density at radius 3 is 2.46 bits per heavy atom. The number of nitro groups is 1. The van der Waals surface area contributed by atoms with Crippen LogP contribution in [0.4, 0.5) is 31.5 Å². The molecule has 0 spiro atoms. The van der Waals surface area contributed by atoms with Crippen molar-refractivity contribution in [2.75, 3.05) is 17.1 Å². The van der Waals surface area contributed by atoms with E-state index in [1.165, 1.54) is 48.8 Å². The van der Waals surface area contributed by atoms with Gasteiger partial charge in [-0.3, -0.25) is 19.8 Å². The van der Waals surface area contributed by atoms with Gasteiger partial charge in [-0.2, -0.15) is 0 Å². The van der Waals surface area contributed by atoms with E-state index < -0.39 is 31.8 Å². The van der Waals surface area contributed by atoms with Crippen molar-refractivity contribution in [3.05, 3.63) is 88.1 Å². The van der Waals surface area contributed by atoms with Crippen molar-refractivity contribution in [2.24, 2.45) is 10.7 Å². The molecule has 0 heterocycles. The molecule has 12 heteroatoms. The lowest BCUT2D eigenvalue weighted by Gasteiger charge is -2.15. The topological polar surface area (TPSA) is 140 Å². The van der Waals surface area contributed by atoms with Gasteiger partial charge in [0, 0.05) is 48.4 Å². The van der Waals surface area contributed by atoms with Crippen LogP contribution in [-0.4, -0.2) is 31.9 Å². The quantitative estimate of drug-likeness (QED) is 0.199. The first-order chi connectivity index (χ1) is 17.6. The summed E-state index contributed by atoms with van der Waals surface area (Å²) in [6, 6.07) is 11.8. The minimum absolute atomic E-state index is 0.0262. The van der Waals surface area contributed by atoms with Crippen LogP contribution in [-0.2, 0) is 10.0 Å². The van der Waals surface area contributed by atoms with Crippen LogP contribution in [0.1, 0.15) is 18.4 Å². The summed E-state index contributed by atoms with van der Waals surface area (Å²) in [5.41, 5.74) is 7.02. The first-order valence-electron chi connectivity index (χ1n) is 11.1. The van der Waals surface area contributed by atoms with Crippen LogP contribution < -0.4 is 15.8 Å². The van der Waals surface area contributed by atoms with Gasteiger partial charge in [0.05, 0.1) is 15.9 Å². The maximum absolute atomic E-state index is 14.6. The van der Waals surface area contributed by atoms with Gasteiger partial charge < -0.3 is 11.1 Å². The summed E-state index contributed by atoms with van der Waals surface area (Å²) in [6.45, 7) is 0. The van der Waals surface area contributed by atoms with Gasteiger partial charge in [0.25, 0.3) is 5.69 Å². The number of hydrogen-bond acceptors (Lipinski definition) is 7. The maximum atomic E-state index is 14.6. The molecular formula is C25H23F2N5O4S. The molecule has 0 aromatic heterocycles. The zero-order valence-corrected chi connectivity index (χ0v) is 20.4. The van der Waals surface area contributed by atoms with Crippen LogP contribution in [0.25, 0.3) is 16.7 Å². The van der Waals surface area contributed by atoms with Gasteiger partial charge >= 0.3 is 0 Å². The lowest BCUT2D eigenvalue weighted by molar-refractivity contribution is -0.383. The molecule has 0 atom stereocenters. The minimum atomic E-state index is -3.66. The average Bonchev–Trinajstić information content (AvgIpc) is 3.69. The van der Waals surface area contributed by atoms with Crippen LogP contribution in [0.3, 0.4) is 0 Å². The molecular weight excluding hydrogens is 504 g/mol. The van der Waals surface area contributed by atoms with Gasteiger partial charge in [-0.25, -0.2) is 17.2 Å². The lowest BCUT2D eigenvalue weighted by atomic mass is 10.0. The summed E-state index contributed by atoms with van der Waals surface area (Å²) in [4.78, 5) is 15.1. The van der Waals surface area contributed by atoms with E-state index in [1.807, 2.05) is 0 Å². The number of rotatable bonds is 9. The van der Waals surface area contributed by atoms with Gasteiger partial charge in [-0.05, 0) is 60.4 Å². The number of sulfonamides is 1. The number of nitro benzene ring substituents is 1. The number of benzene rings is 3. The highest BCUT2D eigenvalue weighted by Gasteiger charge is 2.35.